The number of piperidine rings is 1. The molecule has 0 atom stereocenters. The number of halogens is 5. The fourth-order valence-electron chi connectivity index (χ4n) is 4.73. The number of hydrogen-bond acceptors (Lipinski definition) is 3. The van der Waals surface area contributed by atoms with Crippen LogP contribution >= 0.6 is 12.4 Å². The third kappa shape index (κ3) is 6.31. The minimum Gasteiger partial charge on any atom is -0.349 e. The van der Waals surface area contributed by atoms with Crippen LogP contribution in [0.4, 0.5) is 17.6 Å². The molecule has 0 saturated carbocycles. The highest BCUT2D eigenvalue weighted by Crippen LogP contribution is 2.32. The molecular formula is C29H26ClF4N3O. The summed E-state index contributed by atoms with van der Waals surface area (Å²) in [5.41, 5.74) is 2.52. The maximum Gasteiger partial charge on any atom is 0.416 e. The minimum atomic E-state index is -4.41. The second-order valence-corrected chi connectivity index (χ2v) is 9.28. The highest BCUT2D eigenvalue weighted by atomic mass is 35.5. The Morgan fingerprint density at radius 3 is 2.37 bits per heavy atom. The van der Waals surface area contributed by atoms with Crippen molar-refractivity contribution in [2.24, 2.45) is 0 Å². The van der Waals surface area contributed by atoms with Gasteiger partial charge < -0.3 is 5.32 Å². The first-order chi connectivity index (χ1) is 17.8. The summed E-state index contributed by atoms with van der Waals surface area (Å²) in [6.45, 7) is 2.24. The Bertz CT molecular complexity index is 1420. The summed E-state index contributed by atoms with van der Waals surface area (Å²) < 4.78 is 52.2. The number of likely N-dealkylation sites (tertiary alicyclic amines) is 1. The number of alkyl halides is 3. The van der Waals surface area contributed by atoms with Crippen molar-refractivity contribution in [2.45, 2.75) is 31.6 Å². The Balaban J connectivity index is 0.00000336. The van der Waals surface area contributed by atoms with Gasteiger partial charge in [-0.2, -0.15) is 13.2 Å². The summed E-state index contributed by atoms with van der Waals surface area (Å²) in [5, 5.41) is 3.86. The van der Waals surface area contributed by atoms with Crippen LogP contribution in [0.1, 0.15) is 34.5 Å². The van der Waals surface area contributed by atoms with Gasteiger partial charge in [0.15, 0.2) is 0 Å². The second-order valence-electron chi connectivity index (χ2n) is 9.28. The molecule has 1 aromatic heterocycles. The normalized spacial score (nSPS) is 14.7. The molecule has 0 unspecified atom stereocenters. The molecule has 0 spiro atoms. The van der Waals surface area contributed by atoms with Gasteiger partial charge in [-0.15, -0.1) is 12.4 Å². The van der Waals surface area contributed by atoms with Crippen molar-refractivity contribution >= 4 is 29.2 Å². The number of nitrogens with one attached hydrogen (secondary N) is 1. The van der Waals surface area contributed by atoms with Gasteiger partial charge in [0.05, 0.1) is 16.8 Å². The van der Waals surface area contributed by atoms with Gasteiger partial charge in [-0.05, 0) is 66.4 Å². The Morgan fingerprint density at radius 1 is 0.947 bits per heavy atom. The predicted molar refractivity (Wildman–Crippen MR) is 142 cm³/mol. The Labute approximate surface area is 224 Å². The van der Waals surface area contributed by atoms with E-state index in [0.29, 0.717) is 23.2 Å². The van der Waals surface area contributed by atoms with Crippen LogP contribution in [0.5, 0.6) is 0 Å². The smallest absolute Gasteiger partial charge is 0.349 e. The van der Waals surface area contributed by atoms with Crippen molar-refractivity contribution in [2.75, 3.05) is 13.1 Å². The Hall–Kier alpha value is -3.49. The highest BCUT2D eigenvalue weighted by Gasteiger charge is 2.30. The van der Waals surface area contributed by atoms with Gasteiger partial charge in [0.2, 0.25) is 0 Å². The molecular weight excluding hydrogens is 518 g/mol. The van der Waals surface area contributed by atoms with Gasteiger partial charge in [-0.3, -0.25) is 14.7 Å². The van der Waals surface area contributed by atoms with Crippen LogP contribution in [-0.2, 0) is 12.7 Å². The fourth-order valence-corrected chi connectivity index (χ4v) is 4.73. The van der Waals surface area contributed by atoms with Crippen LogP contribution in [0.3, 0.4) is 0 Å². The van der Waals surface area contributed by atoms with E-state index in [1.165, 1.54) is 24.3 Å². The predicted octanol–water partition coefficient (Wildman–Crippen LogP) is 6.88. The molecule has 0 bridgehead atoms. The van der Waals surface area contributed by atoms with Gasteiger partial charge in [0, 0.05) is 36.6 Å². The van der Waals surface area contributed by atoms with Crippen molar-refractivity contribution in [3.8, 4) is 11.1 Å². The molecule has 198 valence electrons. The molecule has 0 aliphatic carbocycles. The summed E-state index contributed by atoms with van der Waals surface area (Å²) >= 11 is 0. The molecule has 9 heteroatoms. The molecule has 4 nitrogen and oxygen atoms in total. The van der Waals surface area contributed by atoms with Crippen LogP contribution < -0.4 is 5.32 Å². The van der Waals surface area contributed by atoms with E-state index in [9.17, 15) is 22.4 Å². The maximum atomic E-state index is 13.4. The van der Waals surface area contributed by atoms with Gasteiger partial charge in [0.1, 0.15) is 5.82 Å². The zero-order chi connectivity index (χ0) is 26.0. The number of carbonyl (C=O) groups excluding carboxylic acids is 1. The average Bonchev–Trinajstić information content (AvgIpc) is 2.89. The van der Waals surface area contributed by atoms with Gasteiger partial charge >= 0.3 is 6.18 Å². The lowest BCUT2D eigenvalue weighted by molar-refractivity contribution is -0.137. The van der Waals surface area contributed by atoms with Gasteiger partial charge in [0.25, 0.3) is 5.91 Å². The molecule has 1 saturated heterocycles. The molecule has 5 rings (SSSR count). The van der Waals surface area contributed by atoms with Crippen molar-refractivity contribution in [1.29, 1.82) is 0 Å². The molecule has 4 aromatic rings. The second kappa shape index (κ2) is 11.5. The first-order valence-corrected chi connectivity index (χ1v) is 12.1. The number of carbonyl (C=O) groups is 1. The number of hydrogen-bond donors (Lipinski definition) is 1. The zero-order valence-electron chi connectivity index (χ0n) is 20.3. The van der Waals surface area contributed by atoms with Crippen molar-refractivity contribution in [3.05, 3.63) is 102 Å². The standard InChI is InChI=1S/C29H25F4N3O.ClH/c30-22-10-12-27-20(17-22)7-11-24(34-27)18-36-15-13-23(14-16-36)35-28(37)26-4-2-1-3-25(26)19-5-8-21(9-6-19)29(31,32)33;/h1-12,17,23H,13-16,18H2,(H,35,37);1H. The number of pyridine rings is 1. The lowest BCUT2D eigenvalue weighted by Crippen LogP contribution is -2.44. The summed E-state index contributed by atoms with van der Waals surface area (Å²) in [6.07, 6.45) is -2.87. The number of amides is 1. The van der Waals surface area contributed by atoms with Crippen LogP contribution in [0, 0.1) is 5.82 Å². The molecule has 2 heterocycles. The molecule has 1 aliphatic heterocycles. The van der Waals surface area contributed by atoms with E-state index in [1.807, 2.05) is 12.1 Å². The van der Waals surface area contributed by atoms with E-state index in [-0.39, 0.29) is 30.2 Å². The summed E-state index contributed by atoms with van der Waals surface area (Å²) in [5.74, 6) is -0.523. The maximum absolute atomic E-state index is 13.4. The number of nitrogens with zero attached hydrogens (tertiary/aromatic N) is 2. The van der Waals surface area contributed by atoms with E-state index in [0.717, 1.165) is 54.7 Å². The molecule has 1 fully saturated rings. The largest absolute Gasteiger partial charge is 0.416 e. The third-order valence-electron chi connectivity index (χ3n) is 6.71. The van der Waals surface area contributed by atoms with Crippen molar-refractivity contribution in [1.82, 2.24) is 15.2 Å². The van der Waals surface area contributed by atoms with Crippen LogP contribution in [-0.4, -0.2) is 34.9 Å². The van der Waals surface area contributed by atoms with Crippen molar-refractivity contribution < 1.29 is 22.4 Å². The molecule has 38 heavy (non-hydrogen) atoms. The minimum absolute atomic E-state index is 0. The van der Waals surface area contributed by atoms with E-state index in [2.05, 4.69) is 15.2 Å². The van der Waals surface area contributed by atoms with Crippen LogP contribution in [0.15, 0.2) is 78.9 Å². The Morgan fingerprint density at radius 2 is 1.66 bits per heavy atom. The Kier molecular flexibility index (Phi) is 8.33. The topological polar surface area (TPSA) is 45.2 Å². The monoisotopic (exact) mass is 543 g/mol. The number of aromatic nitrogens is 1. The zero-order valence-corrected chi connectivity index (χ0v) is 21.2. The average molecular weight is 544 g/mol. The van der Waals surface area contributed by atoms with Crippen molar-refractivity contribution in [3.63, 3.8) is 0 Å². The quantitative estimate of drug-likeness (QED) is 0.279. The third-order valence-corrected chi connectivity index (χ3v) is 6.71. The molecule has 1 N–H and O–H groups in total. The SMILES string of the molecule is Cl.O=C(NC1CCN(Cc2ccc3cc(F)ccc3n2)CC1)c1ccccc1-c1ccc(C(F)(F)F)cc1. The first-order valence-electron chi connectivity index (χ1n) is 12.1. The number of fused-ring (bicyclic) bond motifs is 1. The fraction of sp³-hybridized carbons (Fsp3) is 0.241. The molecule has 3 aromatic carbocycles. The van der Waals surface area contributed by atoms with E-state index in [1.54, 1.807) is 30.3 Å². The number of rotatable bonds is 5. The summed E-state index contributed by atoms with van der Waals surface area (Å²) in [4.78, 5) is 20.0. The highest BCUT2D eigenvalue weighted by molar-refractivity contribution is 6.01. The van der Waals surface area contributed by atoms with E-state index < -0.39 is 11.7 Å². The molecule has 1 amide bonds. The molecule has 0 radical (unpaired) electrons. The summed E-state index contributed by atoms with van der Waals surface area (Å²) in [6, 6.07) is 20.1. The lowest BCUT2D eigenvalue weighted by atomic mass is 9.97. The van der Waals surface area contributed by atoms with Gasteiger partial charge in [-0.25, -0.2) is 4.39 Å². The van der Waals surface area contributed by atoms with Gasteiger partial charge in [-0.1, -0.05) is 36.4 Å². The first kappa shape index (κ1) is 27.5. The number of benzene rings is 3. The van der Waals surface area contributed by atoms with Crippen LogP contribution in [0.25, 0.3) is 22.0 Å². The lowest BCUT2D eigenvalue weighted by Gasteiger charge is -2.32. The van der Waals surface area contributed by atoms with Crippen LogP contribution in [0.2, 0.25) is 0 Å². The van der Waals surface area contributed by atoms with E-state index >= 15 is 0 Å². The van der Waals surface area contributed by atoms with E-state index in [4.69, 9.17) is 0 Å². The molecule has 1 aliphatic rings. The summed E-state index contributed by atoms with van der Waals surface area (Å²) in [7, 11) is 0.